The van der Waals surface area contributed by atoms with Crippen molar-refractivity contribution in [2.24, 2.45) is 0 Å². The molecule has 0 aliphatic rings. The van der Waals surface area contributed by atoms with Gasteiger partial charge in [-0.2, -0.15) is 0 Å². The summed E-state index contributed by atoms with van der Waals surface area (Å²) >= 11 is 7.14. The Hall–Kier alpha value is -3.36. The zero-order chi connectivity index (χ0) is 21.3. The van der Waals surface area contributed by atoms with Gasteiger partial charge in [0.15, 0.2) is 0 Å². The number of fused-ring (bicyclic) bond motifs is 1. The maximum Gasteiger partial charge on any atom is 0.336 e. The third kappa shape index (κ3) is 3.62. The minimum Gasteiger partial charge on any atom is -0.495 e. The second-order valence-electron chi connectivity index (χ2n) is 6.37. The van der Waals surface area contributed by atoms with E-state index < -0.39 is 17.2 Å². The van der Waals surface area contributed by atoms with Crippen molar-refractivity contribution < 1.29 is 9.53 Å². The summed E-state index contributed by atoms with van der Waals surface area (Å²) in [4.78, 5) is 38.8. The van der Waals surface area contributed by atoms with Gasteiger partial charge in [0.2, 0.25) is 5.91 Å². The molecule has 0 saturated carbocycles. The summed E-state index contributed by atoms with van der Waals surface area (Å²) in [6, 6.07) is 15.0. The number of nitrogens with one attached hydrogen (secondary N) is 1. The van der Waals surface area contributed by atoms with Crippen LogP contribution in [0.5, 0.6) is 5.75 Å². The fraction of sp³-hybridized carbons (Fsp3) is 0.0952. The molecule has 0 fully saturated rings. The van der Waals surface area contributed by atoms with Gasteiger partial charge < -0.3 is 10.1 Å². The van der Waals surface area contributed by atoms with E-state index in [9.17, 15) is 14.4 Å². The van der Waals surface area contributed by atoms with Gasteiger partial charge in [-0.05, 0) is 47.8 Å². The van der Waals surface area contributed by atoms with Gasteiger partial charge in [0, 0.05) is 5.02 Å². The highest BCUT2D eigenvalue weighted by atomic mass is 35.5. The molecule has 1 amide bonds. The standard InChI is InChI=1S/C21H16ClN3O4S/c1-29-17-5-3-2-4-15(17)23-18(26)12-24-16-10-11-30-19(16)20(27)25(21(24)28)14-8-6-13(22)7-9-14/h2-11H,12H2,1H3,(H,23,26). The molecule has 2 aromatic heterocycles. The second kappa shape index (κ2) is 8.17. The monoisotopic (exact) mass is 441 g/mol. The highest BCUT2D eigenvalue weighted by molar-refractivity contribution is 7.17. The molecule has 0 aliphatic heterocycles. The number of ether oxygens (including phenoxy) is 1. The van der Waals surface area contributed by atoms with Gasteiger partial charge in [-0.15, -0.1) is 11.3 Å². The highest BCUT2D eigenvalue weighted by Crippen LogP contribution is 2.23. The molecule has 7 nitrogen and oxygen atoms in total. The van der Waals surface area contributed by atoms with Gasteiger partial charge in [-0.25, -0.2) is 9.36 Å². The summed E-state index contributed by atoms with van der Waals surface area (Å²) in [5.41, 5.74) is 0.238. The molecule has 0 bridgehead atoms. The minimum atomic E-state index is -0.608. The normalized spacial score (nSPS) is 10.9. The molecule has 0 spiro atoms. The van der Waals surface area contributed by atoms with Crippen molar-refractivity contribution in [2.45, 2.75) is 6.54 Å². The van der Waals surface area contributed by atoms with E-state index in [0.717, 1.165) is 4.57 Å². The van der Waals surface area contributed by atoms with Gasteiger partial charge in [0.05, 0.1) is 24.0 Å². The first-order valence-electron chi connectivity index (χ1n) is 8.91. The number of nitrogens with zero attached hydrogens (tertiary/aromatic N) is 2. The summed E-state index contributed by atoms with van der Waals surface area (Å²) in [6.45, 7) is -0.266. The van der Waals surface area contributed by atoms with Crippen LogP contribution >= 0.6 is 22.9 Å². The molecule has 30 heavy (non-hydrogen) atoms. The highest BCUT2D eigenvalue weighted by Gasteiger charge is 2.18. The molecule has 1 N–H and O–H groups in total. The Morgan fingerprint density at radius 3 is 2.57 bits per heavy atom. The zero-order valence-corrected chi connectivity index (χ0v) is 17.4. The van der Waals surface area contributed by atoms with E-state index in [4.69, 9.17) is 16.3 Å². The Bertz CT molecular complexity index is 1360. The van der Waals surface area contributed by atoms with Crippen LogP contribution in [0, 0.1) is 0 Å². The van der Waals surface area contributed by atoms with Crippen LogP contribution in [-0.4, -0.2) is 22.2 Å². The number of rotatable bonds is 5. The first kappa shape index (κ1) is 19.9. The number of benzene rings is 2. The second-order valence-corrected chi connectivity index (χ2v) is 7.72. The third-order valence-electron chi connectivity index (χ3n) is 4.52. The van der Waals surface area contributed by atoms with Gasteiger partial charge in [0.25, 0.3) is 5.56 Å². The van der Waals surface area contributed by atoms with Crippen molar-refractivity contribution in [3.05, 3.63) is 85.8 Å². The van der Waals surface area contributed by atoms with Crippen LogP contribution in [-0.2, 0) is 11.3 Å². The number of para-hydroxylation sites is 2. The summed E-state index contributed by atoms with van der Waals surface area (Å²) < 4.78 is 7.96. The number of hydrogen-bond donors (Lipinski definition) is 1. The number of hydrogen-bond acceptors (Lipinski definition) is 5. The Morgan fingerprint density at radius 2 is 1.83 bits per heavy atom. The van der Waals surface area contributed by atoms with E-state index in [-0.39, 0.29) is 6.54 Å². The quantitative estimate of drug-likeness (QED) is 0.513. The van der Waals surface area contributed by atoms with Crippen LogP contribution in [0.25, 0.3) is 15.9 Å². The first-order valence-corrected chi connectivity index (χ1v) is 10.2. The molecule has 0 aliphatic carbocycles. The fourth-order valence-corrected chi connectivity index (χ4v) is 4.09. The molecule has 4 aromatic rings. The van der Waals surface area contributed by atoms with Gasteiger partial charge in [0.1, 0.15) is 17.0 Å². The largest absolute Gasteiger partial charge is 0.495 e. The molecule has 0 unspecified atom stereocenters. The van der Waals surface area contributed by atoms with E-state index in [1.807, 2.05) is 0 Å². The van der Waals surface area contributed by atoms with Crippen molar-refractivity contribution in [2.75, 3.05) is 12.4 Å². The van der Waals surface area contributed by atoms with Crippen molar-refractivity contribution in [3.63, 3.8) is 0 Å². The molecule has 0 radical (unpaired) electrons. The van der Waals surface area contributed by atoms with Gasteiger partial charge in [-0.1, -0.05) is 23.7 Å². The van der Waals surface area contributed by atoms with Crippen molar-refractivity contribution in [1.29, 1.82) is 0 Å². The SMILES string of the molecule is COc1ccccc1NC(=O)Cn1c(=O)n(-c2ccc(Cl)cc2)c(=O)c2sccc21. The molecular weight excluding hydrogens is 426 g/mol. The molecule has 2 heterocycles. The molecule has 9 heteroatoms. The van der Waals surface area contributed by atoms with E-state index in [1.54, 1.807) is 60.0 Å². The number of carbonyl (C=O) groups excluding carboxylic acids is 1. The molecular formula is C21H16ClN3O4S. The number of anilines is 1. The maximum absolute atomic E-state index is 13.2. The average molecular weight is 442 g/mol. The summed E-state index contributed by atoms with van der Waals surface area (Å²) in [7, 11) is 1.51. The van der Waals surface area contributed by atoms with Crippen molar-refractivity contribution >= 4 is 44.7 Å². The van der Waals surface area contributed by atoms with Gasteiger partial charge in [-0.3, -0.25) is 14.2 Å². The predicted molar refractivity (Wildman–Crippen MR) is 118 cm³/mol. The summed E-state index contributed by atoms with van der Waals surface area (Å²) in [5.74, 6) is 0.0837. The summed E-state index contributed by atoms with van der Waals surface area (Å²) in [6.07, 6.45) is 0. The molecule has 0 saturated heterocycles. The van der Waals surface area contributed by atoms with E-state index in [0.29, 0.717) is 32.4 Å². The fourth-order valence-electron chi connectivity index (χ4n) is 3.14. The Balaban J connectivity index is 1.78. The lowest BCUT2D eigenvalue weighted by molar-refractivity contribution is -0.116. The topological polar surface area (TPSA) is 82.3 Å². The number of methoxy groups -OCH3 is 1. The lowest BCUT2D eigenvalue weighted by Gasteiger charge is -2.13. The van der Waals surface area contributed by atoms with Crippen molar-refractivity contribution in [3.8, 4) is 11.4 Å². The number of carbonyl (C=O) groups is 1. The molecule has 2 aromatic carbocycles. The third-order valence-corrected chi connectivity index (χ3v) is 5.67. The van der Waals surface area contributed by atoms with Crippen LogP contribution in [0.3, 0.4) is 0 Å². The number of halogens is 1. The average Bonchev–Trinajstić information content (AvgIpc) is 3.23. The van der Waals surface area contributed by atoms with Crippen LogP contribution in [0.1, 0.15) is 0 Å². The lowest BCUT2D eigenvalue weighted by Crippen LogP contribution is -2.40. The number of aromatic nitrogens is 2. The lowest BCUT2D eigenvalue weighted by atomic mass is 10.3. The van der Waals surface area contributed by atoms with Gasteiger partial charge >= 0.3 is 5.69 Å². The molecule has 4 rings (SSSR count). The Labute approximate surface area is 179 Å². The first-order chi connectivity index (χ1) is 14.5. The molecule has 0 atom stereocenters. The Morgan fingerprint density at radius 1 is 1.10 bits per heavy atom. The van der Waals surface area contributed by atoms with E-state index >= 15 is 0 Å². The zero-order valence-electron chi connectivity index (χ0n) is 15.8. The van der Waals surface area contributed by atoms with Crippen LogP contribution in [0.2, 0.25) is 5.02 Å². The minimum absolute atomic E-state index is 0.266. The maximum atomic E-state index is 13.2. The van der Waals surface area contributed by atoms with E-state index in [2.05, 4.69) is 5.32 Å². The van der Waals surface area contributed by atoms with Crippen LogP contribution in [0.15, 0.2) is 69.6 Å². The van der Waals surface area contributed by atoms with Crippen LogP contribution < -0.4 is 21.3 Å². The van der Waals surface area contributed by atoms with Crippen molar-refractivity contribution in [1.82, 2.24) is 9.13 Å². The van der Waals surface area contributed by atoms with E-state index in [1.165, 1.54) is 23.0 Å². The molecule has 152 valence electrons. The number of amides is 1. The predicted octanol–water partition coefficient (Wildman–Crippen LogP) is 3.51. The van der Waals surface area contributed by atoms with Crippen LogP contribution in [0.4, 0.5) is 5.69 Å². The summed E-state index contributed by atoms with van der Waals surface area (Å²) in [5, 5.41) is 4.95. The smallest absolute Gasteiger partial charge is 0.336 e. The Kier molecular flexibility index (Phi) is 5.43. The number of thiophene rings is 1.